The van der Waals surface area contributed by atoms with Gasteiger partial charge in [0, 0.05) is 25.3 Å². The Kier molecular flexibility index (Phi) is 7.17. The number of piperidine rings is 1. The van der Waals surface area contributed by atoms with Gasteiger partial charge in [0.15, 0.2) is 0 Å². The van der Waals surface area contributed by atoms with Crippen LogP contribution < -0.4 is 16.8 Å². The van der Waals surface area contributed by atoms with Crippen molar-refractivity contribution in [2.24, 2.45) is 22.8 Å². The summed E-state index contributed by atoms with van der Waals surface area (Å²) in [5.41, 5.74) is 12.7. The van der Waals surface area contributed by atoms with E-state index >= 15 is 0 Å². The van der Waals surface area contributed by atoms with E-state index in [1.807, 2.05) is 38.1 Å². The third kappa shape index (κ3) is 4.83. The number of likely N-dealkylation sites (tertiary alicyclic amines) is 1. The Bertz CT molecular complexity index is 602. The first-order valence-corrected chi connectivity index (χ1v) is 9.56. The minimum Gasteiger partial charge on any atom is -0.369 e. The van der Waals surface area contributed by atoms with Crippen molar-refractivity contribution in [1.29, 1.82) is 0 Å². The van der Waals surface area contributed by atoms with Gasteiger partial charge in [0.25, 0.3) is 0 Å². The number of primary amides is 1. The maximum atomic E-state index is 12.6. The van der Waals surface area contributed by atoms with Gasteiger partial charge in [0.2, 0.25) is 11.8 Å². The first-order chi connectivity index (χ1) is 12.4. The molecule has 1 heterocycles. The van der Waals surface area contributed by atoms with E-state index in [1.54, 1.807) is 0 Å². The molecule has 0 bridgehead atoms. The fourth-order valence-electron chi connectivity index (χ4n) is 3.60. The topological polar surface area (TPSA) is 101 Å². The average molecular weight is 361 g/mol. The predicted octanol–water partition coefficient (Wildman–Crippen LogP) is 2.09. The van der Waals surface area contributed by atoms with Gasteiger partial charge in [0.1, 0.15) is 0 Å². The Morgan fingerprint density at radius 3 is 2.42 bits per heavy atom. The zero-order chi connectivity index (χ0) is 19.2. The SMILES string of the molecule is CCC(CC)(CN)C(=O)Nc1ccc(CN2CCCC(C(N)=O)C2)cc1. The number of benzene rings is 1. The fourth-order valence-corrected chi connectivity index (χ4v) is 3.60. The highest BCUT2D eigenvalue weighted by atomic mass is 16.2. The Hall–Kier alpha value is -1.92. The number of rotatable bonds is 8. The lowest BCUT2D eigenvalue weighted by atomic mass is 9.81. The van der Waals surface area contributed by atoms with Gasteiger partial charge in [0.05, 0.1) is 11.3 Å². The van der Waals surface area contributed by atoms with E-state index in [-0.39, 0.29) is 17.7 Å². The van der Waals surface area contributed by atoms with Crippen molar-refractivity contribution in [2.75, 3.05) is 25.0 Å². The molecule has 1 fully saturated rings. The molecule has 0 aliphatic carbocycles. The van der Waals surface area contributed by atoms with Crippen molar-refractivity contribution in [3.05, 3.63) is 29.8 Å². The van der Waals surface area contributed by atoms with Gasteiger partial charge in [-0.05, 0) is 49.9 Å². The molecular weight excluding hydrogens is 328 g/mol. The van der Waals surface area contributed by atoms with Crippen LogP contribution in [0.3, 0.4) is 0 Å². The molecule has 2 rings (SSSR count). The monoisotopic (exact) mass is 360 g/mol. The lowest BCUT2D eigenvalue weighted by Gasteiger charge is -2.31. The van der Waals surface area contributed by atoms with Crippen molar-refractivity contribution in [1.82, 2.24) is 4.90 Å². The minimum absolute atomic E-state index is 0.0157. The largest absolute Gasteiger partial charge is 0.369 e. The van der Waals surface area contributed by atoms with Crippen LogP contribution in [0.2, 0.25) is 0 Å². The second-order valence-corrected chi connectivity index (χ2v) is 7.32. The smallest absolute Gasteiger partial charge is 0.231 e. The summed E-state index contributed by atoms with van der Waals surface area (Å²) in [6, 6.07) is 7.89. The average Bonchev–Trinajstić information content (AvgIpc) is 2.65. The molecule has 0 radical (unpaired) electrons. The minimum atomic E-state index is -0.504. The van der Waals surface area contributed by atoms with E-state index in [9.17, 15) is 9.59 Å². The molecule has 0 aromatic heterocycles. The molecule has 1 aliphatic heterocycles. The van der Waals surface area contributed by atoms with Crippen LogP contribution >= 0.6 is 0 Å². The van der Waals surface area contributed by atoms with Crippen LogP contribution in [0.15, 0.2) is 24.3 Å². The zero-order valence-corrected chi connectivity index (χ0v) is 16.0. The van der Waals surface area contributed by atoms with Gasteiger partial charge >= 0.3 is 0 Å². The Morgan fingerprint density at radius 2 is 1.88 bits per heavy atom. The summed E-state index contributed by atoms with van der Waals surface area (Å²) < 4.78 is 0. The second kappa shape index (κ2) is 9.14. The van der Waals surface area contributed by atoms with Crippen LogP contribution in [-0.4, -0.2) is 36.3 Å². The van der Waals surface area contributed by atoms with Gasteiger partial charge in [-0.1, -0.05) is 26.0 Å². The quantitative estimate of drug-likeness (QED) is 0.660. The van der Waals surface area contributed by atoms with E-state index in [1.165, 1.54) is 0 Å². The summed E-state index contributed by atoms with van der Waals surface area (Å²) in [5.74, 6) is -0.268. The zero-order valence-electron chi connectivity index (χ0n) is 16.0. The van der Waals surface area contributed by atoms with Crippen molar-refractivity contribution < 1.29 is 9.59 Å². The summed E-state index contributed by atoms with van der Waals surface area (Å²) in [7, 11) is 0. The number of hydrogen-bond acceptors (Lipinski definition) is 4. The number of anilines is 1. The highest BCUT2D eigenvalue weighted by Crippen LogP contribution is 2.27. The lowest BCUT2D eigenvalue weighted by Crippen LogP contribution is -2.41. The second-order valence-electron chi connectivity index (χ2n) is 7.32. The van der Waals surface area contributed by atoms with E-state index in [0.29, 0.717) is 6.54 Å². The van der Waals surface area contributed by atoms with Crippen LogP contribution in [0.5, 0.6) is 0 Å². The summed E-state index contributed by atoms with van der Waals surface area (Å²) in [6.07, 6.45) is 3.32. The van der Waals surface area contributed by atoms with Crippen LogP contribution in [0.25, 0.3) is 0 Å². The van der Waals surface area contributed by atoms with E-state index in [4.69, 9.17) is 11.5 Å². The number of nitrogens with one attached hydrogen (secondary N) is 1. The Balaban J connectivity index is 1.96. The molecular formula is C20H32N4O2. The van der Waals surface area contributed by atoms with Crippen LogP contribution in [-0.2, 0) is 16.1 Å². The fraction of sp³-hybridized carbons (Fsp3) is 0.600. The van der Waals surface area contributed by atoms with Crippen LogP contribution in [0.4, 0.5) is 5.69 Å². The highest BCUT2D eigenvalue weighted by Gasteiger charge is 2.33. The molecule has 0 spiro atoms. The normalized spacial score (nSPS) is 18.5. The van der Waals surface area contributed by atoms with Gasteiger partial charge in [-0.3, -0.25) is 14.5 Å². The molecule has 0 saturated carbocycles. The third-order valence-electron chi connectivity index (χ3n) is 5.75. The van der Waals surface area contributed by atoms with Gasteiger partial charge < -0.3 is 16.8 Å². The molecule has 1 aliphatic rings. The summed E-state index contributed by atoms with van der Waals surface area (Å²) in [6.45, 7) is 6.83. The maximum Gasteiger partial charge on any atom is 0.231 e. The summed E-state index contributed by atoms with van der Waals surface area (Å²) in [5, 5.41) is 2.99. The van der Waals surface area contributed by atoms with Gasteiger partial charge in [-0.25, -0.2) is 0 Å². The van der Waals surface area contributed by atoms with Gasteiger partial charge in [-0.15, -0.1) is 0 Å². The number of amides is 2. The number of nitrogens with zero attached hydrogens (tertiary/aromatic N) is 1. The highest BCUT2D eigenvalue weighted by molar-refractivity contribution is 5.95. The van der Waals surface area contributed by atoms with Crippen molar-refractivity contribution in [3.8, 4) is 0 Å². The molecule has 5 N–H and O–H groups in total. The number of carbonyl (C=O) groups is 2. The van der Waals surface area contributed by atoms with Gasteiger partial charge in [-0.2, -0.15) is 0 Å². The number of hydrogen-bond donors (Lipinski definition) is 3. The Labute approximate surface area is 156 Å². The molecule has 1 unspecified atom stereocenters. The number of carbonyl (C=O) groups excluding carboxylic acids is 2. The molecule has 1 atom stereocenters. The molecule has 26 heavy (non-hydrogen) atoms. The van der Waals surface area contributed by atoms with Crippen molar-refractivity contribution >= 4 is 17.5 Å². The maximum absolute atomic E-state index is 12.6. The molecule has 144 valence electrons. The molecule has 1 saturated heterocycles. The Morgan fingerprint density at radius 1 is 1.23 bits per heavy atom. The van der Waals surface area contributed by atoms with Crippen molar-refractivity contribution in [3.63, 3.8) is 0 Å². The van der Waals surface area contributed by atoms with Crippen LogP contribution in [0, 0.1) is 11.3 Å². The molecule has 2 amide bonds. The summed E-state index contributed by atoms with van der Waals surface area (Å²) in [4.78, 5) is 26.3. The van der Waals surface area contributed by atoms with Crippen LogP contribution in [0.1, 0.15) is 45.1 Å². The molecule has 1 aromatic rings. The predicted molar refractivity (Wildman–Crippen MR) is 104 cm³/mol. The first-order valence-electron chi connectivity index (χ1n) is 9.56. The molecule has 6 nitrogen and oxygen atoms in total. The van der Waals surface area contributed by atoms with Crippen molar-refractivity contribution in [2.45, 2.75) is 46.1 Å². The van der Waals surface area contributed by atoms with E-state index in [0.717, 1.165) is 56.6 Å². The standard InChI is InChI=1S/C20H32N4O2/c1-3-20(4-2,14-21)19(26)23-17-9-7-15(8-10-17)12-24-11-5-6-16(13-24)18(22)25/h7-10,16H,3-6,11-14,21H2,1-2H3,(H2,22,25)(H,23,26). The van der Waals surface area contributed by atoms with E-state index in [2.05, 4.69) is 10.2 Å². The first kappa shape index (κ1) is 20.4. The molecule has 6 heteroatoms. The van der Waals surface area contributed by atoms with E-state index < -0.39 is 5.41 Å². The third-order valence-corrected chi connectivity index (χ3v) is 5.75. The number of nitrogens with two attached hydrogens (primary N) is 2. The summed E-state index contributed by atoms with van der Waals surface area (Å²) >= 11 is 0. The lowest BCUT2D eigenvalue weighted by molar-refractivity contribution is -0.125. The molecule has 1 aromatic carbocycles.